The summed E-state index contributed by atoms with van der Waals surface area (Å²) in [6, 6.07) is 6.06. The molecule has 3 fully saturated rings. The van der Waals surface area contributed by atoms with E-state index < -0.39 is 17.8 Å². The van der Waals surface area contributed by atoms with E-state index in [1.807, 2.05) is 35.4 Å². The lowest BCUT2D eigenvalue weighted by molar-refractivity contribution is -0.384. The number of carbonyl (C=O) groups excluding carboxylic acids is 3. The number of anilines is 1. The van der Waals surface area contributed by atoms with Crippen LogP contribution in [0.2, 0.25) is 0 Å². The predicted octanol–water partition coefficient (Wildman–Crippen LogP) is 3.24. The molecule has 1 aliphatic carbocycles. The highest BCUT2D eigenvalue weighted by Crippen LogP contribution is 2.33. The summed E-state index contributed by atoms with van der Waals surface area (Å²) in [4.78, 5) is 52.9. The number of nitrogens with zero attached hydrogens (tertiary/aromatic N) is 4. The van der Waals surface area contributed by atoms with Gasteiger partial charge in [-0.1, -0.05) is 12.8 Å². The van der Waals surface area contributed by atoms with E-state index in [-0.39, 0.29) is 22.2 Å². The molecule has 194 valence electrons. The van der Waals surface area contributed by atoms with Crippen molar-refractivity contribution in [1.29, 1.82) is 0 Å². The van der Waals surface area contributed by atoms with Gasteiger partial charge in [0.25, 0.3) is 17.5 Å². The van der Waals surface area contributed by atoms with Crippen molar-refractivity contribution in [2.75, 3.05) is 31.2 Å². The van der Waals surface area contributed by atoms with Crippen molar-refractivity contribution in [3.8, 4) is 5.69 Å². The molecule has 5 rings (SSSR count). The van der Waals surface area contributed by atoms with Crippen molar-refractivity contribution in [1.82, 2.24) is 14.8 Å². The Hall–Kier alpha value is -3.99. The number of hydrogen-bond acceptors (Lipinski definition) is 7. The number of barbiturate groups is 1. The van der Waals surface area contributed by atoms with Crippen LogP contribution in [0.25, 0.3) is 11.8 Å². The monoisotopic (exact) mass is 507 g/mol. The van der Waals surface area contributed by atoms with Gasteiger partial charge < -0.3 is 14.2 Å². The molecule has 0 spiro atoms. The van der Waals surface area contributed by atoms with Crippen LogP contribution in [-0.2, 0) is 14.3 Å². The van der Waals surface area contributed by atoms with Crippen LogP contribution in [0.15, 0.2) is 29.8 Å². The predicted molar refractivity (Wildman–Crippen MR) is 136 cm³/mol. The smallest absolute Gasteiger partial charge is 0.331 e. The number of nitrogens with one attached hydrogen (secondary N) is 1. The summed E-state index contributed by atoms with van der Waals surface area (Å²) in [6.45, 7) is 5.87. The van der Waals surface area contributed by atoms with Crippen LogP contribution in [0.1, 0.15) is 42.6 Å². The van der Waals surface area contributed by atoms with Gasteiger partial charge in [0.05, 0.1) is 23.8 Å². The summed E-state index contributed by atoms with van der Waals surface area (Å²) < 4.78 is 7.23. The average molecular weight is 508 g/mol. The third-order valence-electron chi connectivity index (χ3n) is 7.36. The Morgan fingerprint density at radius 2 is 1.78 bits per heavy atom. The topological polar surface area (TPSA) is 127 Å². The van der Waals surface area contributed by atoms with Gasteiger partial charge in [0.15, 0.2) is 0 Å². The molecule has 1 saturated carbocycles. The molecule has 2 aromatic rings. The molecule has 11 nitrogen and oxygen atoms in total. The molecule has 0 radical (unpaired) electrons. The molecule has 3 heterocycles. The van der Waals surface area contributed by atoms with E-state index in [1.165, 1.54) is 11.0 Å². The standard InChI is InChI=1S/C26H29N5O6/c1-16-13-18(14-21-24(32)27-26(34)30(25(21)33)19-5-3-4-6-19)17(2)29(16)20-7-8-22(23(15-20)31(35)36)28-9-11-37-12-10-28/h7-8,13-15,19H,3-6,9-12H2,1-2H3,(H,27,32,34)/b21-14-. The van der Waals surface area contributed by atoms with Gasteiger partial charge in [0.2, 0.25) is 0 Å². The average Bonchev–Trinajstić information content (AvgIpc) is 3.49. The summed E-state index contributed by atoms with van der Waals surface area (Å²) in [7, 11) is 0. The van der Waals surface area contributed by atoms with Gasteiger partial charge in [-0.15, -0.1) is 0 Å². The Morgan fingerprint density at radius 3 is 2.46 bits per heavy atom. The minimum Gasteiger partial charge on any atom is -0.378 e. The minimum absolute atomic E-state index is 0.000594. The number of urea groups is 1. The number of hydrogen-bond donors (Lipinski definition) is 1. The van der Waals surface area contributed by atoms with E-state index in [9.17, 15) is 24.5 Å². The molecule has 11 heteroatoms. The second-order valence-corrected chi connectivity index (χ2v) is 9.62. The van der Waals surface area contributed by atoms with Crippen molar-refractivity contribution in [3.05, 3.63) is 56.9 Å². The van der Waals surface area contributed by atoms with Gasteiger partial charge in [0.1, 0.15) is 11.3 Å². The SMILES string of the molecule is Cc1cc(/C=C2/C(=O)NC(=O)N(C3CCCC3)C2=O)c(C)n1-c1ccc(N2CCOCC2)c([N+](=O)[O-])c1. The quantitative estimate of drug-likeness (QED) is 0.285. The third-order valence-corrected chi connectivity index (χ3v) is 7.36. The Morgan fingerprint density at radius 1 is 1.08 bits per heavy atom. The maximum Gasteiger partial charge on any atom is 0.331 e. The fourth-order valence-electron chi connectivity index (χ4n) is 5.52. The number of ether oxygens (including phenoxy) is 1. The first-order valence-electron chi connectivity index (χ1n) is 12.5. The Bertz CT molecular complexity index is 1320. The maximum absolute atomic E-state index is 13.2. The first-order chi connectivity index (χ1) is 17.8. The number of carbonyl (C=O) groups is 3. The zero-order valence-corrected chi connectivity index (χ0v) is 20.9. The lowest BCUT2D eigenvalue weighted by Crippen LogP contribution is -2.57. The third kappa shape index (κ3) is 4.50. The van der Waals surface area contributed by atoms with Crippen LogP contribution < -0.4 is 10.2 Å². The first-order valence-corrected chi connectivity index (χ1v) is 12.5. The summed E-state index contributed by atoms with van der Waals surface area (Å²) in [5, 5.41) is 14.2. The highest BCUT2D eigenvalue weighted by molar-refractivity contribution is 6.31. The maximum atomic E-state index is 13.2. The lowest BCUT2D eigenvalue weighted by Gasteiger charge is -2.31. The number of nitro groups is 1. The molecular weight excluding hydrogens is 478 g/mol. The molecular formula is C26H29N5O6. The van der Waals surface area contributed by atoms with E-state index in [2.05, 4.69) is 5.32 Å². The molecule has 1 aromatic heterocycles. The molecule has 1 N–H and O–H groups in total. The Kier molecular flexibility index (Phi) is 6.55. The van der Waals surface area contributed by atoms with Gasteiger partial charge >= 0.3 is 6.03 Å². The summed E-state index contributed by atoms with van der Waals surface area (Å²) in [5.41, 5.74) is 3.17. The molecule has 2 saturated heterocycles. The fourth-order valence-corrected chi connectivity index (χ4v) is 5.52. The van der Waals surface area contributed by atoms with E-state index in [0.29, 0.717) is 48.9 Å². The number of morpholine rings is 1. The number of amides is 4. The number of rotatable bonds is 5. The van der Waals surface area contributed by atoms with Crippen LogP contribution in [-0.4, -0.2) is 64.6 Å². The molecule has 0 atom stereocenters. The van der Waals surface area contributed by atoms with Crippen molar-refractivity contribution in [2.45, 2.75) is 45.6 Å². The Labute approximate surface area is 213 Å². The summed E-state index contributed by atoms with van der Waals surface area (Å²) in [5.74, 6) is -1.31. The molecule has 4 amide bonds. The first kappa shape index (κ1) is 24.7. The van der Waals surface area contributed by atoms with E-state index in [0.717, 1.165) is 31.4 Å². The highest BCUT2D eigenvalue weighted by Gasteiger charge is 2.40. The highest BCUT2D eigenvalue weighted by atomic mass is 16.6. The number of aromatic nitrogens is 1. The molecule has 3 aliphatic rings. The van der Waals surface area contributed by atoms with Gasteiger partial charge in [0, 0.05) is 36.6 Å². The van der Waals surface area contributed by atoms with Crippen molar-refractivity contribution >= 4 is 35.3 Å². The molecule has 37 heavy (non-hydrogen) atoms. The van der Waals surface area contributed by atoms with Gasteiger partial charge in [-0.3, -0.25) is 29.9 Å². The zero-order valence-electron chi connectivity index (χ0n) is 20.9. The molecule has 0 bridgehead atoms. The Balaban J connectivity index is 1.50. The molecule has 0 unspecified atom stereocenters. The molecule has 2 aliphatic heterocycles. The summed E-state index contributed by atoms with van der Waals surface area (Å²) in [6.07, 6.45) is 4.84. The van der Waals surface area contributed by atoms with Gasteiger partial charge in [-0.25, -0.2) is 4.79 Å². The lowest BCUT2D eigenvalue weighted by atomic mass is 10.1. The zero-order chi connectivity index (χ0) is 26.3. The van der Waals surface area contributed by atoms with Crippen LogP contribution in [0, 0.1) is 24.0 Å². The number of benzene rings is 1. The van der Waals surface area contributed by atoms with Gasteiger partial charge in [-0.05, 0) is 56.5 Å². The summed E-state index contributed by atoms with van der Waals surface area (Å²) >= 11 is 0. The number of aryl methyl sites for hydroxylation is 1. The largest absolute Gasteiger partial charge is 0.378 e. The van der Waals surface area contributed by atoms with E-state index in [1.54, 1.807) is 12.1 Å². The van der Waals surface area contributed by atoms with Crippen LogP contribution in [0.3, 0.4) is 0 Å². The van der Waals surface area contributed by atoms with Crippen LogP contribution in [0.4, 0.5) is 16.2 Å². The molecule has 1 aromatic carbocycles. The van der Waals surface area contributed by atoms with Crippen molar-refractivity contribution in [3.63, 3.8) is 0 Å². The van der Waals surface area contributed by atoms with E-state index >= 15 is 0 Å². The van der Waals surface area contributed by atoms with E-state index in [4.69, 9.17) is 4.74 Å². The second-order valence-electron chi connectivity index (χ2n) is 9.62. The van der Waals surface area contributed by atoms with Gasteiger partial charge in [-0.2, -0.15) is 0 Å². The van der Waals surface area contributed by atoms with Crippen LogP contribution >= 0.6 is 0 Å². The number of nitro benzene ring substituents is 1. The fraction of sp³-hybridized carbons (Fsp3) is 0.423. The second kappa shape index (κ2) is 9.81. The minimum atomic E-state index is -0.723. The van der Waals surface area contributed by atoms with Crippen molar-refractivity contribution in [2.24, 2.45) is 0 Å². The van der Waals surface area contributed by atoms with Crippen molar-refractivity contribution < 1.29 is 24.0 Å². The normalized spacial score (nSPS) is 20.2. The number of imide groups is 2. The van der Waals surface area contributed by atoms with Crippen LogP contribution in [0.5, 0.6) is 0 Å².